The number of amides is 2. The average Bonchev–Trinajstić information content (AvgIpc) is 2.53. The number of hydrogen-bond donors (Lipinski definition) is 2. The molecule has 0 bridgehead atoms. The molecule has 0 saturated carbocycles. The number of ether oxygens (including phenoxy) is 2. The summed E-state index contributed by atoms with van der Waals surface area (Å²) in [6.45, 7) is 1.53. The highest BCUT2D eigenvalue weighted by molar-refractivity contribution is 5.87. The number of carbonyl (C=O) groups is 2. The van der Waals surface area contributed by atoms with Gasteiger partial charge >= 0.3 is 23.9 Å². The van der Waals surface area contributed by atoms with Gasteiger partial charge in [-0.2, -0.15) is 13.2 Å². The van der Waals surface area contributed by atoms with Crippen LogP contribution in [0.2, 0.25) is 0 Å². The summed E-state index contributed by atoms with van der Waals surface area (Å²) >= 11 is 0. The number of nitrogens with one attached hydrogen (secondary N) is 2. The van der Waals surface area contributed by atoms with Gasteiger partial charge < -0.3 is 14.8 Å². The van der Waals surface area contributed by atoms with Crippen molar-refractivity contribution in [2.45, 2.75) is 32.3 Å². The van der Waals surface area contributed by atoms with Crippen molar-refractivity contribution in [3.8, 4) is 0 Å². The van der Waals surface area contributed by atoms with Gasteiger partial charge in [0.25, 0.3) is 0 Å². The maximum Gasteiger partial charge on any atom is 0.448 e. The summed E-state index contributed by atoms with van der Waals surface area (Å²) in [6, 6.07) is 3.66. The van der Waals surface area contributed by atoms with Crippen LogP contribution >= 0.6 is 0 Å². The lowest BCUT2D eigenvalue weighted by atomic mass is 10.2. The quantitative estimate of drug-likeness (QED) is 0.442. The van der Waals surface area contributed by atoms with Crippen LogP contribution < -0.4 is 10.6 Å². The second kappa shape index (κ2) is 8.65. The highest BCUT2D eigenvalue weighted by Gasteiger charge is 2.64. The molecule has 0 saturated heterocycles. The van der Waals surface area contributed by atoms with Crippen LogP contribution in [0.3, 0.4) is 0 Å². The van der Waals surface area contributed by atoms with Gasteiger partial charge in [0.05, 0.1) is 6.61 Å². The van der Waals surface area contributed by atoms with E-state index in [9.17, 15) is 27.2 Å². The molecule has 1 aromatic rings. The van der Waals surface area contributed by atoms with Gasteiger partial charge in [0.2, 0.25) is 0 Å². The van der Waals surface area contributed by atoms with Gasteiger partial charge in [-0.05, 0) is 31.5 Å². The Balaban J connectivity index is 2.89. The number of alkyl halides is 3. The molecular formula is C15H18F4N2O4. The largest absolute Gasteiger partial charge is 0.462 e. The molecule has 25 heavy (non-hydrogen) atoms. The summed E-state index contributed by atoms with van der Waals surface area (Å²) in [6.07, 6.45) is -5.25. The summed E-state index contributed by atoms with van der Waals surface area (Å²) < 4.78 is 61.9. The van der Waals surface area contributed by atoms with E-state index in [1.807, 2.05) is 0 Å². The average molecular weight is 366 g/mol. The third-order valence-electron chi connectivity index (χ3n) is 2.98. The van der Waals surface area contributed by atoms with E-state index in [0.717, 1.165) is 12.1 Å². The lowest BCUT2D eigenvalue weighted by molar-refractivity contribution is -0.283. The zero-order valence-electron chi connectivity index (χ0n) is 13.6. The van der Waals surface area contributed by atoms with Crippen LogP contribution in [-0.4, -0.2) is 37.1 Å². The Bertz CT molecular complexity index is 592. The Morgan fingerprint density at radius 1 is 1.08 bits per heavy atom. The monoisotopic (exact) mass is 366 g/mol. The smallest absolute Gasteiger partial charge is 0.448 e. The molecule has 0 aliphatic heterocycles. The molecular weight excluding hydrogens is 348 g/mol. The number of halogens is 4. The topological polar surface area (TPSA) is 76.7 Å². The predicted molar refractivity (Wildman–Crippen MR) is 78.8 cm³/mol. The Hall–Kier alpha value is -2.36. The van der Waals surface area contributed by atoms with Crippen molar-refractivity contribution in [1.29, 1.82) is 0 Å². The number of rotatable bonds is 7. The highest BCUT2D eigenvalue weighted by Crippen LogP contribution is 2.33. The van der Waals surface area contributed by atoms with Gasteiger partial charge in [-0.3, -0.25) is 5.32 Å². The van der Waals surface area contributed by atoms with Gasteiger partial charge in [0.15, 0.2) is 0 Å². The SMILES string of the molecule is CCOC(=O)[C@@](NC(=O)NCc1ccc(F)cc1)(OCC)C(F)(F)F. The fourth-order valence-corrected chi connectivity index (χ4v) is 1.85. The van der Waals surface area contributed by atoms with Crippen LogP contribution in [0.4, 0.5) is 22.4 Å². The summed E-state index contributed by atoms with van der Waals surface area (Å²) in [5, 5.41) is 3.63. The van der Waals surface area contributed by atoms with Crippen molar-refractivity contribution in [3.05, 3.63) is 35.6 Å². The summed E-state index contributed by atoms with van der Waals surface area (Å²) in [4.78, 5) is 23.6. The first-order valence-electron chi connectivity index (χ1n) is 7.34. The molecule has 1 aromatic carbocycles. The molecule has 0 fully saturated rings. The van der Waals surface area contributed by atoms with E-state index >= 15 is 0 Å². The van der Waals surface area contributed by atoms with Crippen molar-refractivity contribution < 1.29 is 36.6 Å². The summed E-state index contributed by atoms with van der Waals surface area (Å²) in [5.74, 6) is -2.27. The normalized spacial score (nSPS) is 13.7. The van der Waals surface area contributed by atoms with Gasteiger partial charge in [0, 0.05) is 13.2 Å². The summed E-state index contributed by atoms with van der Waals surface area (Å²) in [7, 11) is 0. The van der Waals surface area contributed by atoms with Crippen LogP contribution in [0.5, 0.6) is 0 Å². The molecule has 1 atom stereocenters. The Morgan fingerprint density at radius 3 is 2.16 bits per heavy atom. The van der Waals surface area contributed by atoms with Crippen LogP contribution in [0.1, 0.15) is 19.4 Å². The molecule has 0 aliphatic carbocycles. The van der Waals surface area contributed by atoms with E-state index in [-0.39, 0.29) is 13.2 Å². The molecule has 0 heterocycles. The van der Waals surface area contributed by atoms with Crippen LogP contribution in [0.25, 0.3) is 0 Å². The molecule has 0 unspecified atom stereocenters. The number of esters is 1. The minimum absolute atomic E-state index is 0.186. The standard InChI is InChI=1S/C15H18F4N2O4/c1-3-24-12(22)14(25-4-2,15(17,18)19)21-13(23)20-9-10-5-7-11(16)8-6-10/h5-8H,3-4,9H2,1-2H3,(H2,20,21,23)/t14-/m1/s1. The first-order valence-corrected chi connectivity index (χ1v) is 7.34. The summed E-state index contributed by atoms with van der Waals surface area (Å²) in [5.41, 5.74) is -3.17. The van der Waals surface area contributed by atoms with E-state index in [1.54, 1.807) is 0 Å². The fraction of sp³-hybridized carbons (Fsp3) is 0.467. The van der Waals surface area contributed by atoms with Gasteiger partial charge in [-0.25, -0.2) is 14.0 Å². The number of urea groups is 1. The second-order valence-corrected chi connectivity index (χ2v) is 4.77. The van der Waals surface area contributed by atoms with E-state index < -0.39 is 36.3 Å². The number of benzene rings is 1. The minimum Gasteiger partial charge on any atom is -0.462 e. The van der Waals surface area contributed by atoms with Crippen molar-refractivity contribution in [2.24, 2.45) is 0 Å². The van der Waals surface area contributed by atoms with Crippen LogP contribution in [0, 0.1) is 5.82 Å². The lowest BCUT2D eigenvalue weighted by Crippen LogP contribution is -2.67. The Kier molecular flexibility index (Phi) is 7.16. The zero-order valence-corrected chi connectivity index (χ0v) is 13.6. The van der Waals surface area contributed by atoms with Gasteiger partial charge in [-0.15, -0.1) is 0 Å². The fourth-order valence-electron chi connectivity index (χ4n) is 1.85. The number of carbonyl (C=O) groups excluding carboxylic acids is 2. The maximum atomic E-state index is 13.4. The molecule has 140 valence electrons. The molecule has 0 aliphatic rings. The molecule has 2 amide bonds. The predicted octanol–water partition coefficient (Wildman–Crippen LogP) is 2.48. The van der Waals surface area contributed by atoms with Crippen molar-refractivity contribution in [1.82, 2.24) is 10.6 Å². The Labute approximate surface area is 141 Å². The molecule has 10 heteroatoms. The zero-order chi connectivity index (χ0) is 19.1. The molecule has 0 aromatic heterocycles. The van der Waals surface area contributed by atoms with E-state index in [2.05, 4.69) is 14.8 Å². The Morgan fingerprint density at radius 2 is 1.68 bits per heavy atom. The van der Waals surface area contributed by atoms with Crippen molar-refractivity contribution >= 4 is 12.0 Å². The molecule has 2 N–H and O–H groups in total. The third kappa shape index (κ3) is 5.31. The molecule has 0 radical (unpaired) electrons. The van der Waals surface area contributed by atoms with Crippen molar-refractivity contribution in [3.63, 3.8) is 0 Å². The van der Waals surface area contributed by atoms with Crippen LogP contribution in [0.15, 0.2) is 24.3 Å². The van der Waals surface area contributed by atoms with Gasteiger partial charge in [-0.1, -0.05) is 12.1 Å². The minimum atomic E-state index is -5.25. The van der Waals surface area contributed by atoms with Crippen molar-refractivity contribution in [2.75, 3.05) is 13.2 Å². The molecule has 0 spiro atoms. The molecule has 6 nitrogen and oxygen atoms in total. The lowest BCUT2D eigenvalue weighted by Gasteiger charge is -2.33. The van der Waals surface area contributed by atoms with Crippen LogP contribution in [-0.2, 0) is 20.8 Å². The second-order valence-electron chi connectivity index (χ2n) is 4.77. The first-order chi connectivity index (χ1) is 11.7. The molecule has 1 rings (SSSR count). The highest BCUT2D eigenvalue weighted by atomic mass is 19.4. The third-order valence-corrected chi connectivity index (χ3v) is 2.98. The van der Waals surface area contributed by atoms with E-state index in [0.29, 0.717) is 5.56 Å². The number of hydrogen-bond acceptors (Lipinski definition) is 4. The maximum absolute atomic E-state index is 13.4. The van der Waals surface area contributed by atoms with E-state index in [4.69, 9.17) is 0 Å². The van der Waals surface area contributed by atoms with Gasteiger partial charge in [0.1, 0.15) is 5.82 Å². The van der Waals surface area contributed by atoms with E-state index in [1.165, 1.54) is 31.3 Å². The first kappa shape index (κ1) is 20.7.